The second-order valence-corrected chi connectivity index (χ2v) is 10.7. The molecule has 4 rings (SSSR count). The molecule has 4 nitrogen and oxygen atoms in total. The van der Waals surface area contributed by atoms with Crippen molar-refractivity contribution in [3.63, 3.8) is 0 Å². The van der Waals surface area contributed by atoms with E-state index in [9.17, 15) is 8.42 Å². The first-order valence-electron chi connectivity index (χ1n) is 10.5. The lowest BCUT2D eigenvalue weighted by Crippen LogP contribution is -2.68. The zero-order valence-electron chi connectivity index (χ0n) is 17.7. The number of halogens is 1. The minimum atomic E-state index is -3.77. The van der Waals surface area contributed by atoms with Crippen molar-refractivity contribution in [1.29, 1.82) is 0 Å². The van der Waals surface area contributed by atoms with E-state index in [-0.39, 0.29) is 17.0 Å². The monoisotopic (exact) mass is 500 g/mol. The van der Waals surface area contributed by atoms with E-state index in [0.29, 0.717) is 13.1 Å². The summed E-state index contributed by atoms with van der Waals surface area (Å²) in [5, 5.41) is 0. The van der Waals surface area contributed by atoms with Crippen LogP contribution >= 0.6 is 15.9 Å². The van der Waals surface area contributed by atoms with Gasteiger partial charge in [-0.1, -0.05) is 76.1 Å². The normalized spacial score (nSPS) is 22.0. The van der Waals surface area contributed by atoms with Gasteiger partial charge in [-0.05, 0) is 38.1 Å². The Kier molecular flexibility index (Phi) is 6.35. The molecule has 0 N–H and O–H groups in total. The van der Waals surface area contributed by atoms with E-state index >= 15 is 0 Å². The number of hydrogen-bond acceptors (Lipinski definition) is 3. The molecule has 1 aliphatic heterocycles. The van der Waals surface area contributed by atoms with Gasteiger partial charge in [0, 0.05) is 15.6 Å². The van der Waals surface area contributed by atoms with E-state index in [4.69, 9.17) is 4.18 Å². The molecular formula is C25H27BrNO3S+. The summed E-state index contributed by atoms with van der Waals surface area (Å²) in [5.41, 5.74) is 3.46. The molecule has 1 heterocycles. The van der Waals surface area contributed by atoms with Crippen molar-refractivity contribution in [3.05, 3.63) is 100 Å². The van der Waals surface area contributed by atoms with Crippen molar-refractivity contribution in [2.75, 3.05) is 19.6 Å². The van der Waals surface area contributed by atoms with Gasteiger partial charge in [-0.15, -0.1) is 0 Å². The van der Waals surface area contributed by atoms with Gasteiger partial charge in [0.2, 0.25) is 0 Å². The van der Waals surface area contributed by atoms with Crippen LogP contribution in [-0.2, 0) is 14.3 Å². The summed E-state index contributed by atoms with van der Waals surface area (Å²) in [4.78, 5) is 0.215. The van der Waals surface area contributed by atoms with Crippen LogP contribution in [0, 0.1) is 6.92 Å². The molecule has 0 bridgehead atoms. The van der Waals surface area contributed by atoms with Crippen LogP contribution in [0.2, 0.25) is 0 Å². The van der Waals surface area contributed by atoms with Gasteiger partial charge in [-0.2, -0.15) is 8.42 Å². The smallest absolute Gasteiger partial charge is 0.297 e. The third-order valence-corrected chi connectivity index (χ3v) is 8.09. The second kappa shape index (κ2) is 8.87. The van der Waals surface area contributed by atoms with Crippen molar-refractivity contribution in [2.45, 2.75) is 30.9 Å². The van der Waals surface area contributed by atoms with Crippen molar-refractivity contribution in [1.82, 2.24) is 0 Å². The molecule has 3 aromatic rings. The highest BCUT2D eigenvalue weighted by molar-refractivity contribution is 9.10. The lowest BCUT2D eigenvalue weighted by molar-refractivity contribution is -0.991. The molecule has 1 unspecified atom stereocenters. The Bertz CT molecular complexity index is 1120. The first kappa shape index (κ1) is 22.2. The number of rotatable bonds is 7. The van der Waals surface area contributed by atoms with Gasteiger partial charge in [0.25, 0.3) is 10.1 Å². The fourth-order valence-electron chi connectivity index (χ4n) is 4.52. The van der Waals surface area contributed by atoms with Crippen LogP contribution in [0.1, 0.15) is 29.7 Å². The van der Waals surface area contributed by atoms with E-state index < -0.39 is 10.1 Å². The summed E-state index contributed by atoms with van der Waals surface area (Å²) in [6, 6.07) is 25.8. The molecule has 1 saturated heterocycles. The van der Waals surface area contributed by atoms with Gasteiger partial charge < -0.3 is 4.48 Å². The maximum Gasteiger partial charge on any atom is 0.297 e. The first-order valence-corrected chi connectivity index (χ1v) is 12.7. The fourth-order valence-corrected chi connectivity index (χ4v) is 5.84. The molecule has 162 valence electrons. The van der Waals surface area contributed by atoms with Gasteiger partial charge in [-0.3, -0.25) is 4.18 Å². The Balaban J connectivity index is 1.59. The van der Waals surface area contributed by atoms with Crippen LogP contribution in [-0.4, -0.2) is 38.6 Å². The summed E-state index contributed by atoms with van der Waals surface area (Å²) in [7, 11) is -3.77. The molecule has 0 aromatic heterocycles. The Morgan fingerprint density at radius 3 is 2.10 bits per heavy atom. The minimum Gasteiger partial charge on any atom is -0.309 e. The highest BCUT2D eigenvalue weighted by Crippen LogP contribution is 2.41. The van der Waals surface area contributed by atoms with Gasteiger partial charge in [-0.25, -0.2) is 0 Å². The molecule has 1 aliphatic rings. The molecule has 0 aliphatic carbocycles. The number of aryl methyl sites for hydroxylation is 1. The van der Waals surface area contributed by atoms with Gasteiger partial charge >= 0.3 is 0 Å². The van der Waals surface area contributed by atoms with Gasteiger partial charge in [0.05, 0.1) is 11.4 Å². The second-order valence-electron chi connectivity index (χ2n) is 8.25. The average molecular weight is 501 g/mol. The summed E-state index contributed by atoms with van der Waals surface area (Å²) in [5.74, 6) is 0. The Morgan fingerprint density at radius 2 is 1.52 bits per heavy atom. The van der Waals surface area contributed by atoms with Crippen LogP contribution < -0.4 is 0 Å². The highest BCUT2D eigenvalue weighted by atomic mass is 79.9. The highest BCUT2D eigenvalue weighted by Gasteiger charge is 2.51. The van der Waals surface area contributed by atoms with Crippen LogP contribution in [0.4, 0.5) is 0 Å². The molecule has 6 heteroatoms. The summed E-state index contributed by atoms with van der Waals surface area (Å²) < 4.78 is 33.0. The van der Waals surface area contributed by atoms with E-state index in [1.807, 2.05) is 13.0 Å². The summed E-state index contributed by atoms with van der Waals surface area (Å²) in [6.07, 6.45) is -0.326. The standard InChI is InChI=1S/C25H27BrNO3S/c1-3-27(17-23(18-27)30-31(28,29)24-15-9-19(2)10-16-24)25(20-7-5-4-6-8-20)21-11-13-22(26)14-12-21/h4-16,23,25H,3,17-18H2,1-2H3/q+1. The fraction of sp³-hybridized carbons (Fsp3) is 0.280. The number of likely N-dealkylation sites (N-methyl/N-ethyl adjacent to an activating group) is 1. The van der Waals surface area contributed by atoms with Crippen LogP contribution in [0.3, 0.4) is 0 Å². The molecule has 0 saturated carbocycles. The molecule has 1 atom stereocenters. The van der Waals surface area contributed by atoms with E-state index in [0.717, 1.165) is 21.1 Å². The lowest BCUT2D eigenvalue weighted by Gasteiger charge is -2.53. The Morgan fingerprint density at radius 1 is 0.935 bits per heavy atom. The molecule has 1 fully saturated rings. The van der Waals surface area contributed by atoms with Crippen molar-refractivity contribution in [3.8, 4) is 0 Å². The topological polar surface area (TPSA) is 43.4 Å². The quantitative estimate of drug-likeness (QED) is 0.319. The third kappa shape index (κ3) is 4.62. The molecule has 0 radical (unpaired) electrons. The van der Waals surface area contributed by atoms with Gasteiger partial charge in [0.1, 0.15) is 19.1 Å². The zero-order chi connectivity index (χ0) is 22.1. The number of likely N-dealkylation sites (tertiary alicyclic amines) is 1. The number of nitrogens with zero attached hydrogens (tertiary/aromatic N) is 1. The lowest BCUT2D eigenvalue weighted by atomic mass is 9.90. The Hall–Kier alpha value is -1.99. The average Bonchev–Trinajstić information content (AvgIpc) is 2.74. The molecular weight excluding hydrogens is 474 g/mol. The molecule has 0 spiro atoms. The number of quaternary nitrogens is 1. The number of hydrogen-bond donors (Lipinski definition) is 0. The largest absolute Gasteiger partial charge is 0.309 e. The minimum absolute atomic E-state index is 0.126. The maximum atomic E-state index is 12.8. The predicted molar refractivity (Wildman–Crippen MR) is 126 cm³/mol. The SMILES string of the molecule is CC[N+]1(C(c2ccccc2)c2ccc(Br)cc2)CC(OS(=O)(=O)c2ccc(C)cc2)C1. The van der Waals surface area contributed by atoms with Crippen LogP contribution in [0.25, 0.3) is 0 Å². The first-order chi connectivity index (χ1) is 14.8. The van der Waals surface area contributed by atoms with Crippen LogP contribution in [0.5, 0.6) is 0 Å². The predicted octanol–water partition coefficient (Wildman–Crippen LogP) is 5.47. The molecule has 3 aromatic carbocycles. The van der Waals surface area contributed by atoms with Crippen molar-refractivity contribution in [2.24, 2.45) is 0 Å². The summed E-state index contributed by atoms with van der Waals surface area (Å²) >= 11 is 3.53. The maximum absolute atomic E-state index is 12.8. The Labute approximate surface area is 193 Å². The van der Waals surface area contributed by atoms with Crippen molar-refractivity contribution < 1.29 is 17.1 Å². The van der Waals surface area contributed by atoms with Crippen LogP contribution in [0.15, 0.2) is 88.2 Å². The van der Waals surface area contributed by atoms with E-state index in [2.05, 4.69) is 71.4 Å². The van der Waals surface area contributed by atoms with E-state index in [1.54, 1.807) is 24.3 Å². The van der Waals surface area contributed by atoms with Crippen molar-refractivity contribution >= 4 is 26.0 Å². The molecule has 31 heavy (non-hydrogen) atoms. The number of benzene rings is 3. The zero-order valence-corrected chi connectivity index (χ0v) is 20.1. The molecule has 0 amide bonds. The summed E-state index contributed by atoms with van der Waals surface area (Å²) in [6.45, 7) is 6.29. The third-order valence-electron chi connectivity index (χ3n) is 6.19. The van der Waals surface area contributed by atoms with E-state index in [1.165, 1.54) is 11.1 Å². The van der Waals surface area contributed by atoms with Gasteiger partial charge in [0.15, 0.2) is 6.10 Å².